The summed E-state index contributed by atoms with van der Waals surface area (Å²) < 4.78 is 0. The minimum Gasteiger partial charge on any atom is -0.222 e. The molecular weight excluding hydrogens is 186 g/mol. The normalized spacial score (nSPS) is 11.0. The van der Waals surface area contributed by atoms with E-state index in [-0.39, 0.29) is 10.7 Å². The van der Waals surface area contributed by atoms with Gasteiger partial charge in [0, 0.05) is 5.41 Å². The highest BCUT2D eigenvalue weighted by Crippen LogP contribution is 2.21. The first-order valence-electron chi connectivity index (χ1n) is 3.88. The Hall–Kier alpha value is -1.14. The Morgan fingerprint density at radius 2 is 2.00 bits per heavy atom. The largest absolute Gasteiger partial charge is 0.223 e. The lowest BCUT2D eigenvalue weighted by atomic mass is 9.92. The van der Waals surface area contributed by atoms with E-state index in [0.29, 0.717) is 5.69 Å². The number of hydrogen-bond donors (Lipinski definition) is 0. The summed E-state index contributed by atoms with van der Waals surface area (Å²) in [6.07, 6.45) is 0. The highest BCUT2D eigenvalue weighted by Gasteiger charge is 2.17. The second kappa shape index (κ2) is 3.31. The molecule has 1 aromatic heterocycles. The molecule has 0 aromatic carbocycles. The predicted molar refractivity (Wildman–Crippen MR) is 50.5 cm³/mol. The molecule has 0 fully saturated rings. The van der Waals surface area contributed by atoms with Crippen LogP contribution in [0.4, 0.5) is 0 Å². The molecule has 1 heterocycles. The van der Waals surface area contributed by atoms with Gasteiger partial charge in [0.2, 0.25) is 5.28 Å². The maximum absolute atomic E-state index is 8.65. The molecule has 0 spiro atoms. The van der Waals surface area contributed by atoms with E-state index in [2.05, 4.69) is 9.97 Å². The van der Waals surface area contributed by atoms with Gasteiger partial charge in [0.15, 0.2) is 0 Å². The van der Waals surface area contributed by atoms with Crippen LogP contribution in [0, 0.1) is 11.3 Å². The Morgan fingerprint density at radius 3 is 2.46 bits per heavy atom. The lowest BCUT2D eigenvalue weighted by Gasteiger charge is -2.17. The van der Waals surface area contributed by atoms with Crippen LogP contribution in [-0.4, -0.2) is 9.97 Å². The van der Waals surface area contributed by atoms with E-state index < -0.39 is 0 Å². The first-order valence-corrected chi connectivity index (χ1v) is 4.26. The van der Waals surface area contributed by atoms with E-state index >= 15 is 0 Å². The number of nitriles is 1. The Balaban J connectivity index is 3.26. The fraction of sp³-hybridized carbons (Fsp3) is 0.444. The van der Waals surface area contributed by atoms with Crippen molar-refractivity contribution in [3.63, 3.8) is 0 Å². The van der Waals surface area contributed by atoms with Crippen LogP contribution in [0.2, 0.25) is 5.28 Å². The van der Waals surface area contributed by atoms with Crippen molar-refractivity contribution in [1.29, 1.82) is 5.26 Å². The summed E-state index contributed by atoms with van der Waals surface area (Å²) in [5, 5.41) is 8.78. The highest BCUT2D eigenvalue weighted by molar-refractivity contribution is 6.28. The second-order valence-corrected chi connectivity index (χ2v) is 4.11. The number of aromatic nitrogens is 2. The minimum atomic E-state index is -0.113. The molecule has 1 rings (SSSR count). The molecule has 0 bridgehead atoms. The molecule has 0 saturated heterocycles. The molecule has 3 nitrogen and oxygen atoms in total. The van der Waals surface area contributed by atoms with E-state index in [1.807, 2.05) is 26.8 Å². The van der Waals surface area contributed by atoms with Gasteiger partial charge >= 0.3 is 0 Å². The van der Waals surface area contributed by atoms with Gasteiger partial charge in [-0.2, -0.15) is 5.26 Å². The van der Waals surface area contributed by atoms with Crippen molar-refractivity contribution >= 4 is 11.6 Å². The van der Waals surface area contributed by atoms with Crippen LogP contribution in [0.5, 0.6) is 0 Å². The predicted octanol–water partition coefficient (Wildman–Crippen LogP) is 2.30. The Labute approximate surface area is 82.4 Å². The third kappa shape index (κ3) is 2.40. The summed E-state index contributed by atoms with van der Waals surface area (Å²) in [5.74, 6) is 0. The molecule has 0 atom stereocenters. The zero-order valence-electron chi connectivity index (χ0n) is 7.80. The highest BCUT2D eigenvalue weighted by atomic mass is 35.5. The summed E-state index contributed by atoms with van der Waals surface area (Å²) in [4.78, 5) is 7.82. The maximum atomic E-state index is 8.65. The zero-order chi connectivity index (χ0) is 10.1. The van der Waals surface area contributed by atoms with Gasteiger partial charge in [-0.15, -0.1) is 0 Å². The molecule has 0 aliphatic heterocycles. The van der Waals surface area contributed by atoms with Gasteiger partial charge in [-0.25, -0.2) is 9.97 Å². The third-order valence-electron chi connectivity index (χ3n) is 1.58. The van der Waals surface area contributed by atoms with Crippen molar-refractivity contribution < 1.29 is 0 Å². The van der Waals surface area contributed by atoms with Gasteiger partial charge < -0.3 is 0 Å². The smallest absolute Gasteiger partial charge is 0.222 e. The van der Waals surface area contributed by atoms with Gasteiger partial charge in [-0.05, 0) is 17.7 Å². The summed E-state index contributed by atoms with van der Waals surface area (Å²) in [6, 6.07) is 3.60. The van der Waals surface area contributed by atoms with Crippen LogP contribution in [0.3, 0.4) is 0 Å². The SMILES string of the molecule is CC(C)(C)c1cc(C#N)nc(Cl)n1. The summed E-state index contributed by atoms with van der Waals surface area (Å²) in [7, 11) is 0. The minimum absolute atomic E-state index is 0.113. The maximum Gasteiger partial charge on any atom is 0.223 e. The quantitative estimate of drug-likeness (QED) is 0.597. The van der Waals surface area contributed by atoms with Gasteiger partial charge in [0.1, 0.15) is 11.8 Å². The van der Waals surface area contributed by atoms with E-state index in [9.17, 15) is 0 Å². The second-order valence-electron chi connectivity index (χ2n) is 3.77. The lowest BCUT2D eigenvalue weighted by Crippen LogP contribution is -2.14. The Morgan fingerprint density at radius 1 is 1.38 bits per heavy atom. The first-order chi connectivity index (χ1) is 5.93. The van der Waals surface area contributed by atoms with Crippen molar-refractivity contribution in [3.8, 4) is 6.07 Å². The zero-order valence-corrected chi connectivity index (χ0v) is 8.55. The molecule has 0 radical (unpaired) electrons. The van der Waals surface area contributed by atoms with Gasteiger partial charge in [-0.1, -0.05) is 20.8 Å². The van der Waals surface area contributed by atoms with Gasteiger partial charge in [0.05, 0.1) is 5.69 Å². The molecule has 68 valence electrons. The van der Waals surface area contributed by atoms with Gasteiger partial charge in [0.25, 0.3) is 0 Å². The molecule has 1 aromatic rings. The summed E-state index contributed by atoms with van der Waals surface area (Å²) in [5.41, 5.74) is 0.979. The number of hydrogen-bond acceptors (Lipinski definition) is 3. The topological polar surface area (TPSA) is 49.6 Å². The lowest BCUT2D eigenvalue weighted by molar-refractivity contribution is 0.566. The van der Waals surface area contributed by atoms with E-state index in [4.69, 9.17) is 16.9 Å². The molecule has 0 aliphatic carbocycles. The molecular formula is C9H10ClN3. The summed E-state index contributed by atoms with van der Waals surface area (Å²) in [6.45, 7) is 6.02. The standard InChI is InChI=1S/C9H10ClN3/c1-9(2,3)7-4-6(5-11)12-8(10)13-7/h4H,1-3H3. The fourth-order valence-electron chi connectivity index (χ4n) is 0.859. The van der Waals surface area contributed by atoms with Crippen LogP contribution in [-0.2, 0) is 5.41 Å². The monoisotopic (exact) mass is 195 g/mol. The molecule has 0 amide bonds. The molecule has 0 saturated carbocycles. The fourth-order valence-corrected chi connectivity index (χ4v) is 1.04. The van der Waals surface area contributed by atoms with Crippen LogP contribution >= 0.6 is 11.6 Å². The Bertz CT molecular complexity index is 360. The number of halogens is 1. The van der Waals surface area contributed by atoms with Gasteiger partial charge in [-0.3, -0.25) is 0 Å². The average molecular weight is 196 g/mol. The Kier molecular flexibility index (Phi) is 2.53. The van der Waals surface area contributed by atoms with Crippen LogP contribution < -0.4 is 0 Å². The third-order valence-corrected chi connectivity index (χ3v) is 1.75. The van der Waals surface area contributed by atoms with Crippen LogP contribution in [0.15, 0.2) is 6.07 Å². The van der Waals surface area contributed by atoms with E-state index in [1.165, 1.54) is 0 Å². The molecule has 0 unspecified atom stereocenters. The van der Waals surface area contributed by atoms with Crippen LogP contribution in [0.25, 0.3) is 0 Å². The van der Waals surface area contributed by atoms with Crippen molar-refractivity contribution in [2.24, 2.45) is 0 Å². The van der Waals surface area contributed by atoms with E-state index in [0.717, 1.165) is 5.69 Å². The van der Waals surface area contributed by atoms with E-state index in [1.54, 1.807) is 6.07 Å². The molecule has 13 heavy (non-hydrogen) atoms. The molecule has 0 aliphatic rings. The molecule has 0 N–H and O–H groups in total. The van der Waals surface area contributed by atoms with Crippen molar-refractivity contribution in [1.82, 2.24) is 9.97 Å². The van der Waals surface area contributed by atoms with Crippen molar-refractivity contribution in [3.05, 3.63) is 22.7 Å². The first kappa shape index (κ1) is 9.94. The average Bonchev–Trinajstić information content (AvgIpc) is 2.01. The number of nitrogens with zero attached hydrogens (tertiary/aromatic N) is 3. The molecule has 4 heteroatoms. The van der Waals surface area contributed by atoms with Crippen LogP contribution in [0.1, 0.15) is 32.2 Å². The number of rotatable bonds is 0. The van der Waals surface area contributed by atoms with Crippen molar-refractivity contribution in [2.75, 3.05) is 0 Å². The summed E-state index contributed by atoms with van der Waals surface area (Å²) >= 11 is 5.66. The van der Waals surface area contributed by atoms with Crippen molar-refractivity contribution in [2.45, 2.75) is 26.2 Å².